The maximum absolute atomic E-state index is 5.90. The SMILES string of the molecule is Clc1ccc(/C=N/Nc2nnc(N/N=C/c3ccc(Cl)cc3)c3ccccc23)cc1. The molecule has 0 spiro atoms. The molecule has 0 amide bonds. The van der Waals surface area contributed by atoms with E-state index in [0.29, 0.717) is 21.7 Å². The predicted octanol–water partition coefficient (Wildman–Crippen LogP) is 5.83. The second-order valence-electron chi connectivity index (χ2n) is 6.29. The van der Waals surface area contributed by atoms with E-state index < -0.39 is 0 Å². The van der Waals surface area contributed by atoms with Crippen molar-refractivity contribution in [3.05, 3.63) is 94.0 Å². The van der Waals surface area contributed by atoms with Gasteiger partial charge in [-0.2, -0.15) is 10.2 Å². The Hall–Kier alpha value is -3.48. The van der Waals surface area contributed by atoms with Gasteiger partial charge in [0.1, 0.15) is 0 Å². The number of hydrogen-bond acceptors (Lipinski definition) is 6. The zero-order valence-electron chi connectivity index (χ0n) is 15.6. The summed E-state index contributed by atoms with van der Waals surface area (Å²) < 4.78 is 0. The van der Waals surface area contributed by atoms with Crippen molar-refractivity contribution in [3.8, 4) is 0 Å². The average Bonchev–Trinajstić information content (AvgIpc) is 2.77. The molecule has 1 aromatic heterocycles. The molecule has 4 rings (SSSR count). The zero-order chi connectivity index (χ0) is 20.8. The molecular formula is C22H16Cl2N6. The quantitative estimate of drug-likeness (QED) is 0.295. The van der Waals surface area contributed by atoms with Crippen LogP contribution in [0, 0.1) is 0 Å². The van der Waals surface area contributed by atoms with Crippen LogP contribution in [0.3, 0.4) is 0 Å². The summed E-state index contributed by atoms with van der Waals surface area (Å²) in [6, 6.07) is 22.5. The largest absolute Gasteiger partial charge is 0.259 e. The van der Waals surface area contributed by atoms with Gasteiger partial charge in [-0.25, -0.2) is 0 Å². The molecule has 6 nitrogen and oxygen atoms in total. The van der Waals surface area contributed by atoms with E-state index in [1.165, 1.54) is 0 Å². The molecule has 0 saturated heterocycles. The summed E-state index contributed by atoms with van der Waals surface area (Å²) in [5.41, 5.74) is 7.73. The van der Waals surface area contributed by atoms with Gasteiger partial charge in [-0.1, -0.05) is 71.7 Å². The smallest absolute Gasteiger partial charge is 0.176 e. The van der Waals surface area contributed by atoms with Gasteiger partial charge >= 0.3 is 0 Å². The molecule has 1 heterocycles. The molecule has 4 aromatic rings. The van der Waals surface area contributed by atoms with Crippen LogP contribution in [-0.2, 0) is 0 Å². The highest BCUT2D eigenvalue weighted by Gasteiger charge is 2.07. The zero-order valence-corrected chi connectivity index (χ0v) is 17.1. The van der Waals surface area contributed by atoms with Gasteiger partial charge in [0, 0.05) is 20.8 Å². The van der Waals surface area contributed by atoms with Crippen molar-refractivity contribution in [1.82, 2.24) is 10.2 Å². The summed E-state index contributed by atoms with van der Waals surface area (Å²) in [4.78, 5) is 0. The number of nitrogens with one attached hydrogen (secondary N) is 2. The molecule has 0 unspecified atom stereocenters. The molecule has 8 heteroatoms. The van der Waals surface area contributed by atoms with Crippen molar-refractivity contribution in [2.75, 3.05) is 10.9 Å². The van der Waals surface area contributed by atoms with E-state index in [4.69, 9.17) is 23.2 Å². The summed E-state index contributed by atoms with van der Waals surface area (Å²) in [5.74, 6) is 1.09. The molecular weight excluding hydrogens is 419 g/mol. The van der Waals surface area contributed by atoms with Crippen molar-refractivity contribution in [2.45, 2.75) is 0 Å². The number of fused-ring (bicyclic) bond motifs is 1. The Bertz CT molecular complexity index is 1110. The van der Waals surface area contributed by atoms with Gasteiger partial charge in [-0.3, -0.25) is 10.9 Å². The summed E-state index contributed by atoms with van der Waals surface area (Å²) >= 11 is 11.8. The average molecular weight is 435 g/mol. The molecule has 0 fully saturated rings. The molecule has 0 saturated carbocycles. The number of halogens is 2. The number of benzene rings is 3. The Morgan fingerprint density at radius 1 is 0.600 bits per heavy atom. The van der Waals surface area contributed by atoms with Gasteiger partial charge in [0.25, 0.3) is 0 Å². The highest BCUT2D eigenvalue weighted by Crippen LogP contribution is 2.26. The molecule has 2 N–H and O–H groups in total. The molecule has 0 aliphatic carbocycles. The molecule has 0 bridgehead atoms. The fraction of sp³-hybridized carbons (Fsp3) is 0. The fourth-order valence-electron chi connectivity index (χ4n) is 2.70. The first-order valence-electron chi connectivity index (χ1n) is 9.04. The minimum absolute atomic E-state index is 0.544. The Kier molecular flexibility index (Phi) is 6.17. The monoisotopic (exact) mass is 434 g/mol. The van der Waals surface area contributed by atoms with Crippen molar-refractivity contribution in [1.29, 1.82) is 0 Å². The van der Waals surface area contributed by atoms with Crippen LogP contribution in [-0.4, -0.2) is 22.6 Å². The Labute approximate surface area is 183 Å². The number of nitrogens with zero attached hydrogens (tertiary/aromatic N) is 4. The molecule has 0 radical (unpaired) electrons. The van der Waals surface area contributed by atoms with Crippen LogP contribution in [0.4, 0.5) is 11.6 Å². The van der Waals surface area contributed by atoms with E-state index >= 15 is 0 Å². The Morgan fingerprint density at radius 3 is 1.40 bits per heavy atom. The third-order valence-electron chi connectivity index (χ3n) is 4.20. The number of rotatable bonds is 6. The first-order valence-corrected chi connectivity index (χ1v) is 9.79. The molecule has 30 heavy (non-hydrogen) atoms. The predicted molar refractivity (Wildman–Crippen MR) is 125 cm³/mol. The highest BCUT2D eigenvalue weighted by atomic mass is 35.5. The maximum Gasteiger partial charge on any atom is 0.176 e. The third kappa shape index (κ3) is 4.92. The Morgan fingerprint density at radius 2 is 1.00 bits per heavy atom. The third-order valence-corrected chi connectivity index (χ3v) is 4.70. The molecule has 148 valence electrons. The van der Waals surface area contributed by atoms with E-state index in [1.807, 2.05) is 72.8 Å². The van der Waals surface area contributed by atoms with Crippen molar-refractivity contribution in [3.63, 3.8) is 0 Å². The second kappa shape index (κ2) is 9.35. The minimum Gasteiger partial charge on any atom is -0.259 e. The van der Waals surface area contributed by atoms with Gasteiger partial charge in [-0.05, 0) is 35.4 Å². The van der Waals surface area contributed by atoms with E-state index in [0.717, 1.165) is 21.9 Å². The van der Waals surface area contributed by atoms with E-state index in [2.05, 4.69) is 31.3 Å². The van der Waals surface area contributed by atoms with Gasteiger partial charge in [0.05, 0.1) is 12.4 Å². The lowest BCUT2D eigenvalue weighted by molar-refractivity contribution is 1.03. The van der Waals surface area contributed by atoms with Crippen LogP contribution in [0.15, 0.2) is 83.0 Å². The van der Waals surface area contributed by atoms with E-state index in [9.17, 15) is 0 Å². The highest BCUT2D eigenvalue weighted by molar-refractivity contribution is 6.30. The van der Waals surface area contributed by atoms with Crippen molar-refractivity contribution < 1.29 is 0 Å². The summed E-state index contributed by atoms with van der Waals surface area (Å²) in [5, 5.41) is 20.1. The number of anilines is 2. The number of aromatic nitrogens is 2. The summed E-state index contributed by atoms with van der Waals surface area (Å²) in [6.45, 7) is 0. The van der Waals surface area contributed by atoms with Crippen molar-refractivity contribution >= 4 is 58.0 Å². The van der Waals surface area contributed by atoms with Gasteiger partial charge < -0.3 is 0 Å². The van der Waals surface area contributed by atoms with Crippen LogP contribution in [0.25, 0.3) is 10.8 Å². The van der Waals surface area contributed by atoms with Crippen LogP contribution < -0.4 is 10.9 Å². The molecule has 0 aliphatic heterocycles. The van der Waals surface area contributed by atoms with Crippen LogP contribution >= 0.6 is 23.2 Å². The van der Waals surface area contributed by atoms with Gasteiger partial charge in [0.2, 0.25) is 0 Å². The summed E-state index contributed by atoms with van der Waals surface area (Å²) in [6.07, 6.45) is 3.38. The van der Waals surface area contributed by atoms with Gasteiger partial charge in [-0.15, -0.1) is 10.2 Å². The van der Waals surface area contributed by atoms with Gasteiger partial charge in [0.15, 0.2) is 11.6 Å². The van der Waals surface area contributed by atoms with Crippen molar-refractivity contribution in [2.24, 2.45) is 10.2 Å². The second-order valence-corrected chi connectivity index (χ2v) is 7.16. The summed E-state index contributed by atoms with van der Waals surface area (Å²) in [7, 11) is 0. The van der Waals surface area contributed by atoms with E-state index in [1.54, 1.807) is 12.4 Å². The minimum atomic E-state index is 0.544. The maximum atomic E-state index is 5.90. The lowest BCUT2D eigenvalue weighted by Crippen LogP contribution is -2.01. The lowest BCUT2D eigenvalue weighted by atomic mass is 10.2. The molecule has 0 atom stereocenters. The molecule has 3 aromatic carbocycles. The first-order chi connectivity index (χ1) is 14.7. The van der Waals surface area contributed by atoms with E-state index in [-0.39, 0.29) is 0 Å². The number of hydrazone groups is 2. The fourth-order valence-corrected chi connectivity index (χ4v) is 2.95. The van der Waals surface area contributed by atoms with Crippen LogP contribution in [0.5, 0.6) is 0 Å². The lowest BCUT2D eigenvalue weighted by Gasteiger charge is -2.08. The van der Waals surface area contributed by atoms with Crippen LogP contribution in [0.2, 0.25) is 10.0 Å². The molecule has 0 aliphatic rings. The Balaban J connectivity index is 1.52. The first kappa shape index (κ1) is 19.8. The normalized spacial score (nSPS) is 11.4. The standard InChI is InChI=1S/C22H16Cl2N6/c23-17-9-5-15(6-10-17)13-25-27-21-19-3-1-2-4-20(19)22(30-29-21)28-26-14-16-7-11-18(24)12-8-16/h1-14H,(H,27,29)(H,28,30)/b25-13+,26-14+. The number of hydrogen-bond donors (Lipinski definition) is 2. The topological polar surface area (TPSA) is 74.6 Å². The van der Waals surface area contributed by atoms with Crippen LogP contribution in [0.1, 0.15) is 11.1 Å².